The molecule has 0 unspecified atom stereocenters. The van der Waals surface area contributed by atoms with Crippen LogP contribution < -0.4 is 0 Å². The molecule has 20 heavy (non-hydrogen) atoms. The zero-order chi connectivity index (χ0) is 15.6. The second-order valence-electron chi connectivity index (χ2n) is 6.02. The molecule has 0 radical (unpaired) electrons. The molecule has 0 aromatic carbocycles. The van der Waals surface area contributed by atoms with E-state index in [1.165, 1.54) is 49.7 Å². The van der Waals surface area contributed by atoms with Crippen LogP contribution in [0.3, 0.4) is 0 Å². The molecule has 122 valence electrons. The molecule has 0 aliphatic heterocycles. The van der Waals surface area contributed by atoms with Gasteiger partial charge in [-0.05, 0) is 46.0 Å². The zero-order valence-corrected chi connectivity index (χ0v) is 14.5. The number of nitrogens with zero attached hydrogens (tertiary/aromatic N) is 1. The third kappa shape index (κ3) is 8.22. The first-order valence-electron chi connectivity index (χ1n) is 8.06. The average Bonchev–Trinajstić information content (AvgIpc) is 2.45. The van der Waals surface area contributed by atoms with Crippen LogP contribution in [0, 0.1) is 0 Å². The first-order chi connectivity index (χ1) is 9.29. The summed E-state index contributed by atoms with van der Waals surface area (Å²) < 4.78 is 30.8. The highest BCUT2D eigenvalue weighted by molar-refractivity contribution is 7.85. The molecule has 0 spiro atoms. The summed E-state index contributed by atoms with van der Waals surface area (Å²) in [7, 11) is -1.51. The van der Waals surface area contributed by atoms with Gasteiger partial charge in [0.15, 0.2) is 0 Å². The molecule has 1 saturated carbocycles. The van der Waals surface area contributed by atoms with Gasteiger partial charge in [-0.3, -0.25) is 0 Å². The summed E-state index contributed by atoms with van der Waals surface area (Å²) in [6.45, 7) is 9.11. The van der Waals surface area contributed by atoms with E-state index in [4.69, 9.17) is 0 Å². The average molecular weight is 308 g/mol. The molecule has 0 heterocycles. The molecular formula is C15H33NO3S. The molecule has 5 heteroatoms. The zero-order valence-electron chi connectivity index (χ0n) is 13.7. The lowest BCUT2D eigenvalue weighted by molar-refractivity contribution is -0.931. The molecule has 0 atom stereocenters. The van der Waals surface area contributed by atoms with E-state index in [0.29, 0.717) is 6.42 Å². The van der Waals surface area contributed by atoms with E-state index in [2.05, 4.69) is 20.9 Å². The van der Waals surface area contributed by atoms with Gasteiger partial charge in [-0.2, -0.15) is 0 Å². The fourth-order valence-electron chi connectivity index (χ4n) is 2.77. The van der Waals surface area contributed by atoms with E-state index >= 15 is 0 Å². The van der Waals surface area contributed by atoms with Crippen molar-refractivity contribution in [1.29, 1.82) is 0 Å². The molecule has 0 saturated heterocycles. The summed E-state index contributed by atoms with van der Waals surface area (Å²) in [5.41, 5.74) is 0. The minimum Gasteiger partial charge on any atom is -0.748 e. The first-order valence-corrected chi connectivity index (χ1v) is 9.64. The van der Waals surface area contributed by atoms with E-state index in [-0.39, 0.29) is 5.75 Å². The van der Waals surface area contributed by atoms with Crippen molar-refractivity contribution in [3.8, 4) is 0 Å². The largest absolute Gasteiger partial charge is 0.748 e. The van der Waals surface area contributed by atoms with E-state index in [1.807, 2.05) is 6.92 Å². The number of rotatable bonds is 6. The Morgan fingerprint density at radius 1 is 1.05 bits per heavy atom. The normalized spacial score (nSPS) is 17.4. The van der Waals surface area contributed by atoms with Crippen LogP contribution in [0.4, 0.5) is 0 Å². The molecule has 4 nitrogen and oxygen atoms in total. The molecule has 1 aliphatic carbocycles. The van der Waals surface area contributed by atoms with E-state index < -0.39 is 10.1 Å². The van der Waals surface area contributed by atoms with Gasteiger partial charge in [-0.1, -0.05) is 19.8 Å². The van der Waals surface area contributed by atoms with Crippen LogP contribution in [-0.2, 0) is 10.1 Å². The van der Waals surface area contributed by atoms with E-state index in [0.717, 1.165) is 12.5 Å². The van der Waals surface area contributed by atoms with E-state index in [9.17, 15) is 13.0 Å². The molecule has 1 rings (SSSR count). The fraction of sp³-hybridized carbons (Fsp3) is 1.00. The Labute approximate surface area is 125 Å². The molecule has 0 bridgehead atoms. The standard InChI is InChI=1S/C11H24N.C4H10O3S/c1-4-12(3,5-2)11-9-7-6-8-10-11;1-2-3-4-8(5,6)7/h11H,4-10H2,1-3H3;2-4H2,1H3,(H,5,6,7)/q+1;/p-1. The van der Waals surface area contributed by atoms with Crippen molar-refractivity contribution >= 4 is 10.1 Å². The van der Waals surface area contributed by atoms with Crippen LogP contribution >= 0.6 is 0 Å². The number of hydrogen-bond donors (Lipinski definition) is 0. The third-order valence-corrected chi connectivity index (χ3v) is 5.44. The van der Waals surface area contributed by atoms with Gasteiger partial charge in [-0.15, -0.1) is 0 Å². The minimum atomic E-state index is -3.94. The highest BCUT2D eigenvalue weighted by Crippen LogP contribution is 2.26. The van der Waals surface area contributed by atoms with Crippen molar-refractivity contribution in [2.75, 3.05) is 25.9 Å². The maximum atomic E-state index is 9.83. The number of unbranched alkanes of at least 4 members (excludes halogenated alkanes) is 1. The van der Waals surface area contributed by atoms with Gasteiger partial charge in [0.25, 0.3) is 0 Å². The molecular weight excluding hydrogens is 274 g/mol. The Hall–Kier alpha value is -0.130. The van der Waals surface area contributed by atoms with Gasteiger partial charge in [0.05, 0.1) is 36.3 Å². The van der Waals surface area contributed by atoms with Crippen molar-refractivity contribution in [3.05, 3.63) is 0 Å². The third-order valence-electron chi connectivity index (χ3n) is 4.65. The lowest BCUT2D eigenvalue weighted by Crippen LogP contribution is -2.52. The predicted molar refractivity (Wildman–Crippen MR) is 83.6 cm³/mol. The maximum Gasteiger partial charge on any atom is 0.0945 e. The highest BCUT2D eigenvalue weighted by atomic mass is 32.2. The Balaban J connectivity index is 0.000000396. The van der Waals surface area contributed by atoms with Gasteiger partial charge < -0.3 is 9.04 Å². The summed E-state index contributed by atoms with van der Waals surface area (Å²) in [5.74, 6) is -0.219. The minimum absolute atomic E-state index is 0.219. The lowest BCUT2D eigenvalue weighted by atomic mass is 9.92. The summed E-state index contributed by atoms with van der Waals surface area (Å²) in [4.78, 5) is 0. The second-order valence-corrected chi connectivity index (χ2v) is 7.54. The maximum absolute atomic E-state index is 9.83. The quantitative estimate of drug-likeness (QED) is 0.559. The summed E-state index contributed by atoms with van der Waals surface area (Å²) in [6.07, 6.45) is 8.59. The smallest absolute Gasteiger partial charge is 0.0945 e. The second kappa shape index (κ2) is 9.74. The van der Waals surface area contributed by atoms with Crippen molar-refractivity contribution in [2.24, 2.45) is 0 Å². The van der Waals surface area contributed by atoms with Crippen molar-refractivity contribution in [2.45, 2.75) is 71.8 Å². The summed E-state index contributed by atoms with van der Waals surface area (Å²) in [6, 6.07) is 0.966. The summed E-state index contributed by atoms with van der Waals surface area (Å²) in [5, 5.41) is 0. The SMILES string of the molecule is CCCCS(=O)(=O)[O-].CC[N+](C)(CC)C1CCCCC1. The highest BCUT2D eigenvalue weighted by Gasteiger charge is 2.30. The van der Waals surface area contributed by atoms with Crippen LogP contribution in [0.2, 0.25) is 0 Å². The van der Waals surface area contributed by atoms with Gasteiger partial charge >= 0.3 is 0 Å². The monoisotopic (exact) mass is 307 g/mol. The summed E-state index contributed by atoms with van der Waals surface area (Å²) >= 11 is 0. The van der Waals surface area contributed by atoms with Crippen LogP contribution in [0.1, 0.15) is 65.7 Å². The van der Waals surface area contributed by atoms with Gasteiger partial charge in [0.1, 0.15) is 0 Å². The molecule has 0 amide bonds. The Morgan fingerprint density at radius 2 is 1.55 bits per heavy atom. The Morgan fingerprint density at radius 3 is 1.85 bits per heavy atom. The molecule has 0 N–H and O–H groups in total. The topological polar surface area (TPSA) is 57.2 Å². The van der Waals surface area contributed by atoms with Crippen molar-refractivity contribution in [1.82, 2.24) is 0 Å². The molecule has 0 aromatic heterocycles. The van der Waals surface area contributed by atoms with Crippen molar-refractivity contribution in [3.63, 3.8) is 0 Å². The van der Waals surface area contributed by atoms with Gasteiger partial charge in [0.2, 0.25) is 0 Å². The van der Waals surface area contributed by atoms with E-state index in [1.54, 1.807) is 0 Å². The number of hydrogen-bond acceptors (Lipinski definition) is 3. The van der Waals surface area contributed by atoms with Crippen LogP contribution in [0.25, 0.3) is 0 Å². The Bertz CT molecular complexity index is 331. The van der Waals surface area contributed by atoms with Crippen molar-refractivity contribution < 1.29 is 17.5 Å². The van der Waals surface area contributed by atoms with Crippen LogP contribution in [0.15, 0.2) is 0 Å². The molecule has 0 aromatic rings. The fourth-order valence-corrected chi connectivity index (χ4v) is 3.41. The number of quaternary nitrogens is 1. The predicted octanol–water partition coefficient (Wildman–Crippen LogP) is 3.14. The van der Waals surface area contributed by atoms with Crippen LogP contribution in [0.5, 0.6) is 0 Å². The van der Waals surface area contributed by atoms with Crippen LogP contribution in [-0.4, -0.2) is 49.4 Å². The van der Waals surface area contributed by atoms with Gasteiger partial charge in [-0.25, -0.2) is 8.42 Å². The first kappa shape index (κ1) is 19.9. The lowest BCUT2D eigenvalue weighted by Gasteiger charge is -2.42. The molecule has 1 fully saturated rings. The molecule has 1 aliphatic rings. The van der Waals surface area contributed by atoms with Gasteiger partial charge in [0, 0.05) is 5.75 Å². The Kier molecular flexibility index (Phi) is 9.68.